The maximum atomic E-state index is 12.2. The van der Waals surface area contributed by atoms with Gasteiger partial charge in [-0.25, -0.2) is 4.98 Å². The number of aryl methyl sites for hydroxylation is 1. The number of thioether (sulfide) groups is 1. The molecular weight excluding hydrogens is 396 g/mol. The summed E-state index contributed by atoms with van der Waals surface area (Å²) in [5.41, 5.74) is 9.40. The Morgan fingerprint density at radius 2 is 1.73 bits per heavy atom. The number of nitrogens with zero attached hydrogens (tertiary/aromatic N) is 3. The highest BCUT2D eigenvalue weighted by Crippen LogP contribution is 2.35. The zero-order chi connectivity index (χ0) is 21.5. The van der Waals surface area contributed by atoms with Crippen LogP contribution in [0.3, 0.4) is 0 Å². The van der Waals surface area contributed by atoms with Gasteiger partial charge in [0.15, 0.2) is 0 Å². The lowest BCUT2D eigenvalue weighted by Crippen LogP contribution is -2.09. The first kappa shape index (κ1) is 20.9. The Hall–Kier alpha value is -3.81. The third-order valence-corrected chi connectivity index (χ3v) is 5.27. The van der Waals surface area contributed by atoms with Crippen molar-refractivity contribution in [2.75, 3.05) is 11.5 Å². The van der Waals surface area contributed by atoms with Gasteiger partial charge in [0.25, 0.3) is 0 Å². The van der Waals surface area contributed by atoms with E-state index >= 15 is 0 Å². The first-order chi connectivity index (χ1) is 14.5. The molecule has 0 radical (unpaired) electrons. The van der Waals surface area contributed by atoms with Gasteiger partial charge in [0.05, 0.1) is 11.3 Å². The van der Waals surface area contributed by atoms with Crippen molar-refractivity contribution in [1.29, 1.82) is 10.5 Å². The van der Waals surface area contributed by atoms with Gasteiger partial charge in [-0.1, -0.05) is 71.9 Å². The summed E-state index contributed by atoms with van der Waals surface area (Å²) in [5, 5.41) is 19.6. The molecule has 2 aromatic carbocycles. The van der Waals surface area contributed by atoms with Gasteiger partial charge in [-0.2, -0.15) is 10.5 Å². The molecule has 0 spiro atoms. The Kier molecular flexibility index (Phi) is 6.69. The van der Waals surface area contributed by atoms with E-state index in [4.69, 9.17) is 10.5 Å². The van der Waals surface area contributed by atoms with E-state index in [0.29, 0.717) is 16.2 Å². The normalized spacial score (nSPS) is 10.1. The number of carbonyl (C=O) groups excluding carboxylic acids is 1. The number of ether oxygens (including phenoxy) is 1. The smallest absolute Gasteiger partial charge is 0.316 e. The zero-order valence-corrected chi connectivity index (χ0v) is 17.1. The fourth-order valence-corrected chi connectivity index (χ4v) is 3.61. The third-order valence-electron chi connectivity index (χ3n) is 4.33. The second kappa shape index (κ2) is 9.60. The van der Waals surface area contributed by atoms with Crippen LogP contribution in [0.4, 0.5) is 5.82 Å². The van der Waals surface area contributed by atoms with Gasteiger partial charge in [0, 0.05) is 5.56 Å². The van der Waals surface area contributed by atoms with Crippen molar-refractivity contribution in [2.45, 2.75) is 18.6 Å². The lowest BCUT2D eigenvalue weighted by Gasteiger charge is -2.13. The third kappa shape index (κ3) is 4.78. The molecule has 0 saturated carbocycles. The van der Waals surface area contributed by atoms with E-state index in [2.05, 4.69) is 11.1 Å². The Bertz CT molecular complexity index is 1150. The van der Waals surface area contributed by atoms with Gasteiger partial charge in [-0.05, 0) is 18.1 Å². The van der Waals surface area contributed by atoms with E-state index < -0.39 is 5.97 Å². The molecule has 0 amide bonds. The predicted octanol–water partition coefficient (Wildman–Crippen LogP) is 4.22. The van der Waals surface area contributed by atoms with E-state index in [0.717, 1.165) is 22.9 Å². The first-order valence-electron chi connectivity index (χ1n) is 9.06. The average molecular weight is 414 g/mol. The topological polar surface area (TPSA) is 113 Å². The van der Waals surface area contributed by atoms with Crippen molar-refractivity contribution in [1.82, 2.24) is 4.98 Å². The molecule has 1 heterocycles. The maximum absolute atomic E-state index is 12.2. The molecular formula is C23H18N4O2S. The van der Waals surface area contributed by atoms with Crippen LogP contribution in [0.1, 0.15) is 22.3 Å². The van der Waals surface area contributed by atoms with Crippen LogP contribution in [-0.4, -0.2) is 16.7 Å². The van der Waals surface area contributed by atoms with Crippen molar-refractivity contribution >= 4 is 23.5 Å². The van der Waals surface area contributed by atoms with Crippen LogP contribution in [0.2, 0.25) is 0 Å². The van der Waals surface area contributed by atoms with Crippen LogP contribution in [0.15, 0.2) is 59.6 Å². The van der Waals surface area contributed by atoms with E-state index in [-0.39, 0.29) is 29.3 Å². The number of nitrogens with two attached hydrogens (primary N) is 1. The van der Waals surface area contributed by atoms with Crippen molar-refractivity contribution in [2.24, 2.45) is 0 Å². The van der Waals surface area contributed by atoms with Crippen LogP contribution in [0.5, 0.6) is 0 Å². The second-order valence-electron chi connectivity index (χ2n) is 6.45. The highest BCUT2D eigenvalue weighted by molar-refractivity contribution is 7.99. The summed E-state index contributed by atoms with van der Waals surface area (Å²) in [5.74, 6) is -0.450. The predicted molar refractivity (Wildman–Crippen MR) is 115 cm³/mol. The number of hydrogen-bond acceptors (Lipinski definition) is 7. The number of pyridine rings is 1. The van der Waals surface area contributed by atoms with Crippen LogP contribution < -0.4 is 5.73 Å². The van der Waals surface area contributed by atoms with Gasteiger partial charge < -0.3 is 10.5 Å². The van der Waals surface area contributed by atoms with Gasteiger partial charge in [-0.3, -0.25) is 4.79 Å². The number of nitrogen functional groups attached to an aromatic ring is 1. The highest BCUT2D eigenvalue weighted by Gasteiger charge is 2.21. The molecule has 3 aromatic rings. The Labute approximate surface area is 178 Å². The molecule has 0 aliphatic heterocycles. The molecule has 0 saturated heterocycles. The summed E-state index contributed by atoms with van der Waals surface area (Å²) in [6.07, 6.45) is 0. The van der Waals surface area contributed by atoms with Gasteiger partial charge in [-0.15, -0.1) is 0 Å². The molecule has 0 unspecified atom stereocenters. The summed E-state index contributed by atoms with van der Waals surface area (Å²) < 4.78 is 5.27. The number of nitriles is 2. The van der Waals surface area contributed by atoms with E-state index in [1.807, 2.05) is 67.6 Å². The number of benzene rings is 2. The number of carbonyl (C=O) groups is 1. The molecule has 30 heavy (non-hydrogen) atoms. The Balaban J connectivity index is 1.84. The first-order valence-corrected chi connectivity index (χ1v) is 10.0. The molecule has 6 nitrogen and oxygen atoms in total. The summed E-state index contributed by atoms with van der Waals surface area (Å²) >= 11 is 1.06. The number of anilines is 1. The lowest BCUT2D eigenvalue weighted by atomic mass is 9.96. The maximum Gasteiger partial charge on any atom is 0.316 e. The Morgan fingerprint density at radius 3 is 2.37 bits per heavy atom. The number of hydrogen-bond donors (Lipinski definition) is 1. The summed E-state index contributed by atoms with van der Waals surface area (Å²) in [4.78, 5) is 16.3. The van der Waals surface area contributed by atoms with Crippen LogP contribution in [-0.2, 0) is 16.1 Å². The fourth-order valence-electron chi connectivity index (χ4n) is 2.82. The molecule has 1 aromatic heterocycles. The SMILES string of the molecule is Cc1ccc(-c2c(C#N)c(N)nc(SCC(=O)OCc3ccccc3)c2C#N)cc1. The lowest BCUT2D eigenvalue weighted by molar-refractivity contribution is -0.141. The minimum absolute atomic E-state index is 0.0206. The molecule has 7 heteroatoms. The van der Waals surface area contributed by atoms with Crippen molar-refractivity contribution in [3.05, 3.63) is 76.9 Å². The fraction of sp³-hybridized carbons (Fsp3) is 0.130. The van der Waals surface area contributed by atoms with Crippen molar-refractivity contribution in [3.8, 4) is 23.3 Å². The zero-order valence-electron chi connectivity index (χ0n) is 16.3. The van der Waals surface area contributed by atoms with Crippen LogP contribution >= 0.6 is 11.8 Å². The molecule has 148 valence electrons. The van der Waals surface area contributed by atoms with Gasteiger partial charge >= 0.3 is 5.97 Å². The summed E-state index contributed by atoms with van der Waals surface area (Å²) in [7, 11) is 0. The minimum atomic E-state index is -0.436. The number of esters is 1. The van der Waals surface area contributed by atoms with E-state index in [1.54, 1.807) is 0 Å². The van der Waals surface area contributed by atoms with Crippen molar-refractivity contribution < 1.29 is 9.53 Å². The molecule has 0 atom stereocenters. The van der Waals surface area contributed by atoms with Crippen LogP contribution in [0, 0.1) is 29.6 Å². The minimum Gasteiger partial charge on any atom is -0.460 e. The number of rotatable bonds is 6. The van der Waals surface area contributed by atoms with Gasteiger partial charge in [0.2, 0.25) is 0 Å². The molecule has 3 rings (SSSR count). The molecule has 2 N–H and O–H groups in total. The second-order valence-corrected chi connectivity index (χ2v) is 7.42. The van der Waals surface area contributed by atoms with E-state index in [9.17, 15) is 15.3 Å². The summed E-state index contributed by atoms with van der Waals surface area (Å²) in [6.45, 7) is 2.12. The monoisotopic (exact) mass is 414 g/mol. The molecule has 0 bridgehead atoms. The Morgan fingerprint density at radius 1 is 1.07 bits per heavy atom. The average Bonchev–Trinajstić information content (AvgIpc) is 2.77. The van der Waals surface area contributed by atoms with Crippen molar-refractivity contribution in [3.63, 3.8) is 0 Å². The molecule has 0 fully saturated rings. The van der Waals surface area contributed by atoms with Crippen LogP contribution in [0.25, 0.3) is 11.1 Å². The summed E-state index contributed by atoms with van der Waals surface area (Å²) in [6, 6.07) is 21.0. The molecule has 0 aliphatic rings. The highest BCUT2D eigenvalue weighted by atomic mass is 32.2. The molecule has 0 aliphatic carbocycles. The standard InChI is InChI=1S/C23H18N4O2S/c1-15-7-9-17(10-8-15)21-18(11-24)22(26)27-23(19(21)12-25)30-14-20(28)29-13-16-5-3-2-4-6-16/h2-10H,13-14H2,1H3,(H2,26,27). The number of aromatic nitrogens is 1. The largest absolute Gasteiger partial charge is 0.460 e. The van der Waals surface area contributed by atoms with Gasteiger partial charge in [0.1, 0.15) is 35.2 Å². The quantitative estimate of drug-likeness (QED) is 0.474. The van der Waals surface area contributed by atoms with E-state index in [1.165, 1.54) is 0 Å².